The maximum absolute atomic E-state index is 6.27. The van der Waals surface area contributed by atoms with Gasteiger partial charge in [-0.2, -0.15) is 5.10 Å². The Morgan fingerprint density at radius 1 is 1.00 bits per heavy atom. The third kappa shape index (κ3) is 2.40. The van der Waals surface area contributed by atoms with Crippen LogP contribution in [0.15, 0.2) is 60.7 Å². The molecule has 3 rings (SSSR count). The highest BCUT2D eigenvalue weighted by atomic mass is 35.5. The van der Waals surface area contributed by atoms with E-state index in [-0.39, 0.29) is 0 Å². The van der Waals surface area contributed by atoms with Crippen LogP contribution in [0.1, 0.15) is 0 Å². The molecule has 0 N–H and O–H groups in total. The Morgan fingerprint density at radius 3 is 2.35 bits per heavy atom. The van der Waals surface area contributed by atoms with Crippen LogP contribution in [-0.2, 0) is 0 Å². The molecule has 0 aliphatic rings. The summed E-state index contributed by atoms with van der Waals surface area (Å²) < 4.78 is 6.86. The fraction of sp³-hybridized carbons (Fsp3) is 0.0625. The lowest BCUT2D eigenvalue weighted by Gasteiger charge is -2.04. The van der Waals surface area contributed by atoms with Crippen molar-refractivity contribution in [2.45, 2.75) is 0 Å². The highest BCUT2D eigenvalue weighted by Gasteiger charge is 2.09. The first-order chi connectivity index (χ1) is 9.78. The van der Waals surface area contributed by atoms with Gasteiger partial charge in [-0.1, -0.05) is 41.9 Å². The molecule has 0 radical (unpaired) electrons. The Kier molecular flexibility index (Phi) is 3.44. The van der Waals surface area contributed by atoms with E-state index in [1.807, 2.05) is 60.7 Å². The van der Waals surface area contributed by atoms with E-state index in [0.29, 0.717) is 5.15 Å². The van der Waals surface area contributed by atoms with Crippen molar-refractivity contribution in [3.8, 4) is 22.7 Å². The molecule has 3 nitrogen and oxygen atoms in total. The number of hydrogen-bond donors (Lipinski definition) is 0. The lowest BCUT2D eigenvalue weighted by molar-refractivity contribution is 0.414. The first kappa shape index (κ1) is 12.8. The van der Waals surface area contributed by atoms with Crippen LogP contribution in [0.2, 0.25) is 5.15 Å². The number of hydrogen-bond acceptors (Lipinski definition) is 2. The Morgan fingerprint density at radius 2 is 1.70 bits per heavy atom. The summed E-state index contributed by atoms with van der Waals surface area (Å²) in [6.45, 7) is 0. The van der Waals surface area contributed by atoms with Crippen molar-refractivity contribution in [2.24, 2.45) is 0 Å². The van der Waals surface area contributed by atoms with Crippen LogP contribution in [0.4, 0.5) is 0 Å². The highest BCUT2D eigenvalue weighted by Crippen LogP contribution is 2.25. The highest BCUT2D eigenvalue weighted by molar-refractivity contribution is 6.30. The largest absolute Gasteiger partial charge is 0.497 e. The topological polar surface area (TPSA) is 27.1 Å². The summed E-state index contributed by atoms with van der Waals surface area (Å²) in [5.74, 6) is 0.806. The van der Waals surface area contributed by atoms with Gasteiger partial charge in [-0.25, -0.2) is 4.68 Å². The van der Waals surface area contributed by atoms with Crippen molar-refractivity contribution >= 4 is 11.6 Å². The van der Waals surface area contributed by atoms with Gasteiger partial charge in [0.2, 0.25) is 0 Å². The van der Waals surface area contributed by atoms with E-state index in [2.05, 4.69) is 5.10 Å². The first-order valence-corrected chi connectivity index (χ1v) is 6.61. The summed E-state index contributed by atoms with van der Waals surface area (Å²) in [6, 6.07) is 19.4. The van der Waals surface area contributed by atoms with Crippen molar-refractivity contribution in [3.05, 3.63) is 65.8 Å². The molecule has 0 amide bonds. The Hall–Kier alpha value is -2.26. The van der Waals surface area contributed by atoms with Crippen LogP contribution >= 0.6 is 11.6 Å². The molecule has 0 saturated heterocycles. The van der Waals surface area contributed by atoms with Gasteiger partial charge in [-0.3, -0.25) is 0 Å². The van der Waals surface area contributed by atoms with E-state index in [9.17, 15) is 0 Å². The molecule has 100 valence electrons. The van der Waals surface area contributed by atoms with Crippen molar-refractivity contribution in [1.29, 1.82) is 0 Å². The molecule has 3 aromatic rings. The van der Waals surface area contributed by atoms with Crippen molar-refractivity contribution in [1.82, 2.24) is 9.78 Å². The lowest BCUT2D eigenvalue weighted by atomic mass is 10.2. The summed E-state index contributed by atoms with van der Waals surface area (Å²) in [7, 11) is 1.64. The standard InChI is InChI=1S/C16H13ClN2O/c1-20-14-9-7-13(8-10-14)19-16(17)11-15(18-19)12-5-3-2-4-6-12/h2-11H,1H3. The Balaban J connectivity index is 2.00. The van der Waals surface area contributed by atoms with Crippen LogP contribution in [-0.4, -0.2) is 16.9 Å². The summed E-state index contributed by atoms with van der Waals surface area (Å²) in [5.41, 5.74) is 2.80. The average Bonchev–Trinajstić information content (AvgIpc) is 2.90. The van der Waals surface area contributed by atoms with Gasteiger partial charge in [0, 0.05) is 11.6 Å². The van der Waals surface area contributed by atoms with Crippen LogP contribution in [0.25, 0.3) is 16.9 Å². The van der Waals surface area contributed by atoms with Crippen LogP contribution in [0, 0.1) is 0 Å². The smallest absolute Gasteiger partial charge is 0.133 e. The fourth-order valence-corrected chi connectivity index (χ4v) is 2.25. The minimum absolute atomic E-state index is 0.578. The summed E-state index contributed by atoms with van der Waals surface area (Å²) in [5, 5.41) is 5.13. The van der Waals surface area contributed by atoms with E-state index in [0.717, 1.165) is 22.7 Å². The summed E-state index contributed by atoms with van der Waals surface area (Å²) >= 11 is 6.27. The van der Waals surface area contributed by atoms with Gasteiger partial charge in [0.25, 0.3) is 0 Å². The normalized spacial score (nSPS) is 10.5. The Bertz CT molecular complexity index is 705. The van der Waals surface area contributed by atoms with Gasteiger partial charge in [0.15, 0.2) is 0 Å². The van der Waals surface area contributed by atoms with Crippen molar-refractivity contribution in [3.63, 3.8) is 0 Å². The zero-order valence-corrected chi connectivity index (χ0v) is 11.7. The molecular formula is C16H13ClN2O. The van der Waals surface area contributed by atoms with E-state index in [4.69, 9.17) is 16.3 Å². The minimum Gasteiger partial charge on any atom is -0.497 e. The minimum atomic E-state index is 0.578. The zero-order chi connectivity index (χ0) is 13.9. The third-order valence-electron chi connectivity index (χ3n) is 3.05. The number of ether oxygens (including phenoxy) is 1. The van der Waals surface area contributed by atoms with Gasteiger partial charge >= 0.3 is 0 Å². The van der Waals surface area contributed by atoms with Gasteiger partial charge < -0.3 is 4.74 Å². The number of halogens is 1. The predicted octanol–water partition coefficient (Wildman–Crippen LogP) is 4.20. The van der Waals surface area contributed by atoms with Gasteiger partial charge in [-0.05, 0) is 24.3 Å². The van der Waals surface area contributed by atoms with E-state index < -0.39 is 0 Å². The number of nitrogens with zero attached hydrogens (tertiary/aromatic N) is 2. The maximum Gasteiger partial charge on any atom is 0.133 e. The van der Waals surface area contributed by atoms with Crippen LogP contribution in [0.5, 0.6) is 5.75 Å². The molecule has 0 bridgehead atoms. The molecular weight excluding hydrogens is 272 g/mol. The molecule has 0 unspecified atom stereocenters. The summed E-state index contributed by atoms with van der Waals surface area (Å²) in [6.07, 6.45) is 0. The number of rotatable bonds is 3. The second kappa shape index (κ2) is 5.39. The fourth-order valence-electron chi connectivity index (χ4n) is 2.01. The molecule has 1 heterocycles. The van der Waals surface area contributed by atoms with E-state index >= 15 is 0 Å². The Labute approximate surface area is 122 Å². The van der Waals surface area contributed by atoms with Gasteiger partial charge in [-0.15, -0.1) is 0 Å². The lowest BCUT2D eigenvalue weighted by Crippen LogP contribution is -1.96. The summed E-state index contributed by atoms with van der Waals surface area (Å²) in [4.78, 5) is 0. The first-order valence-electron chi connectivity index (χ1n) is 6.23. The molecule has 0 spiro atoms. The number of aromatic nitrogens is 2. The molecule has 1 aromatic heterocycles. The molecule has 4 heteroatoms. The van der Waals surface area contributed by atoms with E-state index in [1.54, 1.807) is 11.8 Å². The zero-order valence-electron chi connectivity index (χ0n) is 11.0. The molecule has 2 aromatic carbocycles. The van der Waals surface area contributed by atoms with Crippen molar-refractivity contribution < 1.29 is 4.74 Å². The monoisotopic (exact) mass is 284 g/mol. The van der Waals surface area contributed by atoms with Crippen molar-refractivity contribution in [2.75, 3.05) is 7.11 Å². The quantitative estimate of drug-likeness (QED) is 0.721. The maximum atomic E-state index is 6.27. The molecule has 0 saturated carbocycles. The molecule has 20 heavy (non-hydrogen) atoms. The molecule has 0 fully saturated rings. The number of benzene rings is 2. The molecule has 0 aliphatic heterocycles. The third-order valence-corrected chi connectivity index (χ3v) is 3.32. The molecule has 0 aliphatic carbocycles. The van der Waals surface area contributed by atoms with E-state index in [1.165, 1.54) is 0 Å². The number of methoxy groups -OCH3 is 1. The van der Waals surface area contributed by atoms with Crippen LogP contribution < -0.4 is 4.74 Å². The molecule has 0 atom stereocenters. The SMILES string of the molecule is COc1ccc(-n2nc(-c3ccccc3)cc2Cl)cc1. The van der Waals surface area contributed by atoms with Gasteiger partial charge in [0.05, 0.1) is 18.5 Å². The predicted molar refractivity (Wildman–Crippen MR) is 80.6 cm³/mol. The second-order valence-corrected chi connectivity index (χ2v) is 4.72. The average molecular weight is 285 g/mol. The van der Waals surface area contributed by atoms with Crippen LogP contribution in [0.3, 0.4) is 0 Å². The van der Waals surface area contributed by atoms with Gasteiger partial charge in [0.1, 0.15) is 10.9 Å². The second-order valence-electron chi connectivity index (χ2n) is 4.33.